The second-order valence-corrected chi connectivity index (χ2v) is 9.50. The lowest BCUT2D eigenvalue weighted by Crippen LogP contribution is -2.43. The molecule has 1 N–H and O–H groups in total. The van der Waals surface area contributed by atoms with Crippen molar-refractivity contribution in [3.63, 3.8) is 0 Å². The standard InChI is InChI=1S/C22H30N4O2S.HI/c1-25(2)22(23-17-19-9-5-3-6-10-19)24-18-20-13-15-26(16-14-20)29(27,28)21-11-7-4-8-12-21;/h3-12,20H,13-18H2,1-2H3,(H,23,24);1H. The lowest BCUT2D eigenvalue weighted by Gasteiger charge is -2.32. The molecule has 0 amide bonds. The fourth-order valence-corrected chi connectivity index (χ4v) is 4.93. The Balaban J connectivity index is 0.00000320. The summed E-state index contributed by atoms with van der Waals surface area (Å²) < 4.78 is 27.1. The molecule has 0 spiro atoms. The topological polar surface area (TPSA) is 65.0 Å². The van der Waals surface area contributed by atoms with E-state index in [0.717, 1.165) is 25.3 Å². The summed E-state index contributed by atoms with van der Waals surface area (Å²) in [5.74, 6) is 1.28. The number of hydrogen-bond donors (Lipinski definition) is 1. The van der Waals surface area contributed by atoms with Crippen LogP contribution in [-0.2, 0) is 16.6 Å². The molecule has 2 aromatic carbocycles. The number of halogens is 1. The molecule has 0 aromatic heterocycles. The van der Waals surface area contributed by atoms with Crippen LogP contribution in [0.15, 0.2) is 70.6 Å². The molecule has 0 saturated carbocycles. The fraction of sp³-hybridized carbons (Fsp3) is 0.409. The second kappa shape index (κ2) is 11.7. The number of guanidine groups is 1. The largest absolute Gasteiger partial charge is 0.356 e. The molecule has 1 heterocycles. The van der Waals surface area contributed by atoms with Gasteiger partial charge in [-0.1, -0.05) is 48.5 Å². The Morgan fingerprint density at radius 2 is 1.60 bits per heavy atom. The average Bonchev–Trinajstić information content (AvgIpc) is 2.75. The maximum atomic E-state index is 12.8. The van der Waals surface area contributed by atoms with E-state index in [2.05, 4.69) is 17.4 Å². The van der Waals surface area contributed by atoms with E-state index in [-0.39, 0.29) is 24.0 Å². The molecule has 30 heavy (non-hydrogen) atoms. The highest BCUT2D eigenvalue weighted by Crippen LogP contribution is 2.23. The molecular weight excluding hydrogens is 511 g/mol. The molecule has 1 aliphatic rings. The highest BCUT2D eigenvalue weighted by molar-refractivity contribution is 14.0. The Hall–Kier alpha value is -1.65. The first-order chi connectivity index (χ1) is 14.0. The van der Waals surface area contributed by atoms with Gasteiger partial charge >= 0.3 is 0 Å². The second-order valence-electron chi connectivity index (χ2n) is 7.56. The predicted octanol–water partition coefficient (Wildman–Crippen LogP) is 3.41. The van der Waals surface area contributed by atoms with Gasteiger partial charge in [0.05, 0.1) is 11.4 Å². The Bertz CT molecular complexity index is 897. The number of nitrogens with zero attached hydrogens (tertiary/aromatic N) is 3. The third-order valence-electron chi connectivity index (χ3n) is 5.18. The van der Waals surface area contributed by atoms with Crippen LogP contribution in [-0.4, -0.2) is 57.3 Å². The monoisotopic (exact) mass is 542 g/mol. The number of benzene rings is 2. The van der Waals surface area contributed by atoms with Gasteiger partial charge in [0.25, 0.3) is 0 Å². The molecule has 8 heteroatoms. The molecule has 164 valence electrons. The zero-order chi connectivity index (χ0) is 20.7. The molecule has 0 radical (unpaired) electrons. The fourth-order valence-electron chi connectivity index (χ4n) is 3.44. The van der Waals surface area contributed by atoms with Gasteiger partial charge in [-0.3, -0.25) is 0 Å². The van der Waals surface area contributed by atoms with Crippen LogP contribution < -0.4 is 5.32 Å². The van der Waals surface area contributed by atoms with Gasteiger partial charge in [0.15, 0.2) is 5.96 Å². The van der Waals surface area contributed by atoms with Gasteiger partial charge in [-0.05, 0) is 36.5 Å². The molecular formula is C22H31IN4O2S. The summed E-state index contributed by atoms with van der Waals surface area (Å²) in [4.78, 5) is 7.06. The van der Waals surface area contributed by atoms with Crippen LogP contribution in [0.25, 0.3) is 0 Å². The molecule has 3 rings (SSSR count). The summed E-state index contributed by atoms with van der Waals surface area (Å²) in [5.41, 5.74) is 1.17. The van der Waals surface area contributed by atoms with Gasteiger partial charge in [-0.15, -0.1) is 24.0 Å². The van der Waals surface area contributed by atoms with E-state index < -0.39 is 10.0 Å². The number of sulfonamides is 1. The van der Waals surface area contributed by atoms with E-state index in [1.807, 2.05) is 43.3 Å². The van der Waals surface area contributed by atoms with E-state index in [4.69, 9.17) is 4.99 Å². The SMILES string of the molecule is CN(C)C(=NCc1ccccc1)NCC1CCN(S(=O)(=O)c2ccccc2)CC1.I. The average molecular weight is 542 g/mol. The number of piperidine rings is 1. The van der Waals surface area contributed by atoms with Crippen LogP contribution in [0.2, 0.25) is 0 Å². The predicted molar refractivity (Wildman–Crippen MR) is 133 cm³/mol. The summed E-state index contributed by atoms with van der Waals surface area (Å²) in [6, 6.07) is 18.9. The summed E-state index contributed by atoms with van der Waals surface area (Å²) in [7, 11) is 0.568. The minimum absolute atomic E-state index is 0. The van der Waals surface area contributed by atoms with E-state index in [1.165, 1.54) is 5.56 Å². The van der Waals surface area contributed by atoms with Gasteiger partial charge in [-0.25, -0.2) is 13.4 Å². The van der Waals surface area contributed by atoms with Crippen LogP contribution in [0.4, 0.5) is 0 Å². The molecule has 1 saturated heterocycles. The third-order valence-corrected chi connectivity index (χ3v) is 7.09. The first-order valence-corrected chi connectivity index (χ1v) is 11.5. The van der Waals surface area contributed by atoms with E-state index in [1.54, 1.807) is 28.6 Å². The Kier molecular flexibility index (Phi) is 9.57. The number of hydrogen-bond acceptors (Lipinski definition) is 3. The van der Waals surface area contributed by atoms with Crippen LogP contribution in [0.1, 0.15) is 18.4 Å². The van der Waals surface area contributed by atoms with Crippen LogP contribution in [0, 0.1) is 5.92 Å². The molecule has 2 aromatic rings. The van der Waals surface area contributed by atoms with E-state index >= 15 is 0 Å². The molecule has 1 aliphatic heterocycles. The van der Waals surface area contributed by atoms with Gasteiger partial charge < -0.3 is 10.2 Å². The lowest BCUT2D eigenvalue weighted by atomic mass is 9.98. The number of aliphatic imine (C=N–C) groups is 1. The summed E-state index contributed by atoms with van der Waals surface area (Å²) in [6.07, 6.45) is 1.69. The Labute approximate surface area is 197 Å². The molecule has 6 nitrogen and oxygen atoms in total. The van der Waals surface area contributed by atoms with E-state index in [9.17, 15) is 8.42 Å². The van der Waals surface area contributed by atoms with Gasteiger partial charge in [-0.2, -0.15) is 4.31 Å². The van der Waals surface area contributed by atoms with Gasteiger partial charge in [0.1, 0.15) is 0 Å². The summed E-state index contributed by atoms with van der Waals surface area (Å²) in [6.45, 7) is 2.55. The van der Waals surface area contributed by atoms with Crippen LogP contribution in [0.3, 0.4) is 0 Å². The first-order valence-electron chi connectivity index (χ1n) is 10.0. The Morgan fingerprint density at radius 1 is 1.03 bits per heavy atom. The van der Waals surface area contributed by atoms with Crippen molar-refractivity contribution in [2.45, 2.75) is 24.3 Å². The van der Waals surface area contributed by atoms with Crippen molar-refractivity contribution in [2.75, 3.05) is 33.7 Å². The molecule has 1 fully saturated rings. The normalized spacial score (nSPS) is 16.0. The zero-order valence-corrected chi connectivity index (χ0v) is 20.7. The summed E-state index contributed by atoms with van der Waals surface area (Å²) in [5, 5.41) is 3.45. The first kappa shape index (κ1) is 24.6. The van der Waals surface area contributed by atoms with Crippen molar-refractivity contribution in [3.8, 4) is 0 Å². The smallest absolute Gasteiger partial charge is 0.243 e. The maximum Gasteiger partial charge on any atom is 0.243 e. The zero-order valence-electron chi connectivity index (χ0n) is 17.6. The lowest BCUT2D eigenvalue weighted by molar-refractivity contribution is 0.272. The number of rotatable bonds is 6. The van der Waals surface area contributed by atoms with Crippen molar-refractivity contribution >= 4 is 40.0 Å². The summed E-state index contributed by atoms with van der Waals surface area (Å²) >= 11 is 0. The number of nitrogens with one attached hydrogen (secondary N) is 1. The van der Waals surface area contributed by atoms with Crippen molar-refractivity contribution < 1.29 is 8.42 Å². The molecule has 0 atom stereocenters. The highest BCUT2D eigenvalue weighted by atomic mass is 127. The minimum Gasteiger partial charge on any atom is -0.356 e. The molecule has 0 bridgehead atoms. The Morgan fingerprint density at radius 3 is 2.17 bits per heavy atom. The van der Waals surface area contributed by atoms with E-state index in [0.29, 0.717) is 30.4 Å². The maximum absolute atomic E-state index is 12.8. The van der Waals surface area contributed by atoms with Crippen molar-refractivity contribution in [2.24, 2.45) is 10.9 Å². The van der Waals surface area contributed by atoms with Gasteiger partial charge in [0, 0.05) is 33.7 Å². The van der Waals surface area contributed by atoms with Crippen molar-refractivity contribution in [1.29, 1.82) is 0 Å². The van der Waals surface area contributed by atoms with Gasteiger partial charge in [0.2, 0.25) is 10.0 Å². The quantitative estimate of drug-likeness (QED) is 0.345. The minimum atomic E-state index is -3.39. The molecule has 0 aliphatic carbocycles. The third kappa shape index (κ3) is 6.68. The van der Waals surface area contributed by atoms with Crippen LogP contribution >= 0.6 is 24.0 Å². The van der Waals surface area contributed by atoms with Crippen LogP contribution in [0.5, 0.6) is 0 Å². The molecule has 0 unspecified atom stereocenters. The van der Waals surface area contributed by atoms with Crippen molar-refractivity contribution in [1.82, 2.24) is 14.5 Å². The van der Waals surface area contributed by atoms with Crippen molar-refractivity contribution in [3.05, 3.63) is 66.2 Å². The highest BCUT2D eigenvalue weighted by Gasteiger charge is 2.29.